The van der Waals surface area contributed by atoms with Crippen LogP contribution in [0.2, 0.25) is 0 Å². The fourth-order valence-electron chi connectivity index (χ4n) is 2.65. The molecule has 4 rings (SSSR count). The summed E-state index contributed by atoms with van der Waals surface area (Å²) in [5, 5.41) is 5.95. The predicted molar refractivity (Wildman–Crippen MR) is 107 cm³/mol. The van der Waals surface area contributed by atoms with Gasteiger partial charge in [0.1, 0.15) is 5.52 Å². The van der Waals surface area contributed by atoms with Crippen LogP contribution in [0.4, 0.5) is 0 Å². The first-order valence-corrected chi connectivity index (χ1v) is 9.38. The van der Waals surface area contributed by atoms with Crippen LogP contribution in [0.15, 0.2) is 64.4 Å². The molecule has 6 heteroatoms. The monoisotopic (exact) mass is 375 g/mol. The highest BCUT2D eigenvalue weighted by Crippen LogP contribution is 2.21. The highest BCUT2D eigenvalue weighted by atomic mass is 32.1. The summed E-state index contributed by atoms with van der Waals surface area (Å²) < 4.78 is 5.56. The van der Waals surface area contributed by atoms with Crippen LogP contribution in [0, 0.1) is 6.92 Å². The van der Waals surface area contributed by atoms with Gasteiger partial charge in [-0.1, -0.05) is 36.4 Å². The molecule has 0 radical (unpaired) electrons. The number of benzene rings is 2. The summed E-state index contributed by atoms with van der Waals surface area (Å²) in [5.74, 6) is 0.214. The molecule has 0 aliphatic rings. The van der Waals surface area contributed by atoms with Crippen molar-refractivity contribution >= 4 is 34.4 Å². The maximum atomic E-state index is 12.0. The molecule has 1 N–H and O–H groups in total. The zero-order valence-electron chi connectivity index (χ0n) is 14.7. The smallest absolute Gasteiger partial charge is 0.244 e. The summed E-state index contributed by atoms with van der Waals surface area (Å²) in [4.78, 5) is 20.8. The molecule has 2 aromatic carbocycles. The van der Waals surface area contributed by atoms with E-state index in [9.17, 15) is 4.79 Å². The third kappa shape index (κ3) is 4.12. The first-order chi connectivity index (χ1) is 13.2. The summed E-state index contributed by atoms with van der Waals surface area (Å²) in [6, 6.07) is 15.5. The van der Waals surface area contributed by atoms with Gasteiger partial charge in [0.05, 0.1) is 10.7 Å². The second-order valence-electron chi connectivity index (χ2n) is 6.02. The number of aryl methyl sites for hydroxylation is 1. The van der Waals surface area contributed by atoms with Gasteiger partial charge >= 0.3 is 0 Å². The molecule has 134 valence electrons. The number of fused-ring (bicyclic) bond motifs is 1. The van der Waals surface area contributed by atoms with Gasteiger partial charge in [0.15, 0.2) is 5.58 Å². The van der Waals surface area contributed by atoms with E-state index in [1.54, 1.807) is 17.4 Å². The van der Waals surface area contributed by atoms with Crippen molar-refractivity contribution in [1.82, 2.24) is 15.3 Å². The minimum atomic E-state index is -0.198. The SMILES string of the molecule is Cc1nc(-c2ccc(CNC(=O)C=Cc3nc4ccccc4o3)cc2)cs1. The van der Waals surface area contributed by atoms with Crippen molar-refractivity contribution in [3.63, 3.8) is 0 Å². The Bertz CT molecular complexity index is 1080. The lowest BCUT2D eigenvalue weighted by Gasteiger charge is -2.03. The fourth-order valence-corrected chi connectivity index (χ4v) is 3.27. The second kappa shape index (κ2) is 7.55. The van der Waals surface area contributed by atoms with Crippen LogP contribution >= 0.6 is 11.3 Å². The van der Waals surface area contributed by atoms with Crippen LogP contribution in [-0.4, -0.2) is 15.9 Å². The number of hydrogen-bond donors (Lipinski definition) is 1. The Hall–Kier alpha value is -3.25. The van der Waals surface area contributed by atoms with Gasteiger partial charge in [0.25, 0.3) is 0 Å². The molecule has 0 saturated carbocycles. The zero-order valence-corrected chi connectivity index (χ0v) is 15.5. The lowest BCUT2D eigenvalue weighted by Crippen LogP contribution is -2.20. The third-order valence-electron chi connectivity index (χ3n) is 4.02. The van der Waals surface area contributed by atoms with Gasteiger partial charge in [-0.2, -0.15) is 0 Å². The van der Waals surface area contributed by atoms with Gasteiger partial charge in [-0.05, 0) is 24.6 Å². The normalized spacial score (nSPS) is 11.3. The number of thiazole rings is 1. The Labute approximate surface area is 160 Å². The van der Waals surface area contributed by atoms with E-state index >= 15 is 0 Å². The van der Waals surface area contributed by atoms with Crippen molar-refractivity contribution in [2.45, 2.75) is 13.5 Å². The summed E-state index contributed by atoms with van der Waals surface area (Å²) >= 11 is 1.63. The molecule has 0 aliphatic heterocycles. The van der Waals surface area contributed by atoms with Gasteiger partial charge in [0, 0.05) is 29.6 Å². The Kier molecular flexibility index (Phi) is 4.80. The van der Waals surface area contributed by atoms with Gasteiger partial charge in [-0.25, -0.2) is 9.97 Å². The molecule has 0 fully saturated rings. The predicted octanol–water partition coefficient (Wildman–Crippen LogP) is 4.59. The van der Waals surface area contributed by atoms with Crippen LogP contribution in [-0.2, 0) is 11.3 Å². The zero-order chi connectivity index (χ0) is 18.6. The van der Waals surface area contributed by atoms with Gasteiger partial charge < -0.3 is 9.73 Å². The molecule has 2 heterocycles. The number of carbonyl (C=O) groups is 1. The van der Waals surface area contributed by atoms with E-state index in [0.29, 0.717) is 18.0 Å². The van der Waals surface area contributed by atoms with Crippen molar-refractivity contribution in [1.29, 1.82) is 0 Å². The Morgan fingerprint density at radius 1 is 1.15 bits per heavy atom. The number of rotatable bonds is 5. The minimum absolute atomic E-state index is 0.198. The highest BCUT2D eigenvalue weighted by molar-refractivity contribution is 7.09. The first-order valence-electron chi connectivity index (χ1n) is 8.50. The molecule has 0 bridgehead atoms. The largest absolute Gasteiger partial charge is 0.437 e. The molecule has 0 spiro atoms. The van der Waals surface area contributed by atoms with E-state index in [4.69, 9.17) is 4.42 Å². The maximum Gasteiger partial charge on any atom is 0.244 e. The topological polar surface area (TPSA) is 68.0 Å². The summed E-state index contributed by atoms with van der Waals surface area (Å²) in [6.45, 7) is 2.44. The van der Waals surface area contributed by atoms with Crippen LogP contribution in [0.5, 0.6) is 0 Å². The molecule has 0 aliphatic carbocycles. The fraction of sp³-hybridized carbons (Fsp3) is 0.0952. The third-order valence-corrected chi connectivity index (χ3v) is 4.80. The van der Waals surface area contributed by atoms with Gasteiger partial charge in [0.2, 0.25) is 11.8 Å². The molecule has 1 amide bonds. The second-order valence-corrected chi connectivity index (χ2v) is 7.08. The summed E-state index contributed by atoms with van der Waals surface area (Å²) in [6.07, 6.45) is 3.00. The van der Waals surface area contributed by atoms with E-state index in [-0.39, 0.29) is 5.91 Å². The van der Waals surface area contributed by atoms with Crippen molar-refractivity contribution in [3.05, 3.63) is 76.4 Å². The number of oxazole rings is 1. The number of amides is 1. The van der Waals surface area contributed by atoms with E-state index in [1.807, 2.05) is 60.8 Å². The number of carbonyl (C=O) groups excluding carboxylic acids is 1. The molecular formula is C21H17N3O2S. The molecule has 5 nitrogen and oxygen atoms in total. The Morgan fingerprint density at radius 3 is 2.70 bits per heavy atom. The molecule has 0 saturated heterocycles. The lowest BCUT2D eigenvalue weighted by atomic mass is 10.1. The van der Waals surface area contributed by atoms with Crippen molar-refractivity contribution < 1.29 is 9.21 Å². The van der Waals surface area contributed by atoms with Crippen LogP contribution in [0.3, 0.4) is 0 Å². The van der Waals surface area contributed by atoms with E-state index in [0.717, 1.165) is 27.3 Å². The van der Waals surface area contributed by atoms with Crippen LogP contribution in [0.1, 0.15) is 16.5 Å². The number of nitrogens with one attached hydrogen (secondary N) is 1. The van der Waals surface area contributed by atoms with Gasteiger partial charge in [-0.3, -0.25) is 4.79 Å². The van der Waals surface area contributed by atoms with E-state index in [1.165, 1.54) is 6.08 Å². The average Bonchev–Trinajstić information content (AvgIpc) is 3.31. The van der Waals surface area contributed by atoms with Crippen LogP contribution in [0.25, 0.3) is 28.4 Å². The van der Waals surface area contributed by atoms with Crippen molar-refractivity contribution in [3.8, 4) is 11.3 Å². The molecule has 0 unspecified atom stereocenters. The average molecular weight is 375 g/mol. The number of hydrogen-bond acceptors (Lipinski definition) is 5. The standard InChI is InChI=1S/C21H17N3O2S/c1-14-23-18(13-27-14)16-8-6-15(7-9-16)12-22-20(25)10-11-21-24-17-4-2-3-5-19(17)26-21/h2-11,13H,12H2,1H3,(H,22,25). The molecule has 4 aromatic rings. The lowest BCUT2D eigenvalue weighted by molar-refractivity contribution is -0.116. The number of aromatic nitrogens is 2. The van der Waals surface area contributed by atoms with Crippen LogP contribution < -0.4 is 5.32 Å². The summed E-state index contributed by atoms with van der Waals surface area (Å²) in [7, 11) is 0. The number of nitrogens with zero attached hydrogens (tertiary/aromatic N) is 2. The van der Waals surface area contributed by atoms with Crippen molar-refractivity contribution in [2.24, 2.45) is 0 Å². The minimum Gasteiger partial charge on any atom is -0.437 e. The van der Waals surface area contributed by atoms with Gasteiger partial charge in [-0.15, -0.1) is 11.3 Å². The molecule has 2 aromatic heterocycles. The molecular weight excluding hydrogens is 358 g/mol. The van der Waals surface area contributed by atoms with Crippen molar-refractivity contribution in [2.75, 3.05) is 0 Å². The Morgan fingerprint density at radius 2 is 1.96 bits per heavy atom. The first kappa shape index (κ1) is 17.2. The van der Waals surface area contributed by atoms with E-state index in [2.05, 4.69) is 15.3 Å². The summed E-state index contributed by atoms with van der Waals surface area (Å²) in [5.41, 5.74) is 4.55. The Balaban J connectivity index is 1.34. The quantitative estimate of drug-likeness (QED) is 0.518. The molecule has 0 atom stereocenters. The maximum absolute atomic E-state index is 12.0. The number of para-hydroxylation sites is 2. The van der Waals surface area contributed by atoms with E-state index < -0.39 is 0 Å². The highest BCUT2D eigenvalue weighted by Gasteiger charge is 2.04. The molecule has 27 heavy (non-hydrogen) atoms.